The Balaban J connectivity index is 1.40. The van der Waals surface area contributed by atoms with Gasteiger partial charge in [0.15, 0.2) is 16.3 Å². The van der Waals surface area contributed by atoms with Crippen LogP contribution in [0.1, 0.15) is 15.5 Å². The number of thiophene rings is 1. The van der Waals surface area contributed by atoms with E-state index in [1.807, 2.05) is 37.4 Å². The second-order valence-corrected chi connectivity index (χ2v) is 7.50. The molecule has 7 nitrogen and oxygen atoms in total. The number of amides is 1. The number of rotatable bonds is 5. The number of nitrogens with one attached hydrogen (secondary N) is 2. The highest BCUT2D eigenvalue weighted by atomic mass is 32.1. The molecule has 2 N–H and O–H groups in total. The molecule has 0 saturated heterocycles. The summed E-state index contributed by atoms with van der Waals surface area (Å²) in [6.07, 6.45) is 0.607. The highest BCUT2D eigenvalue weighted by Gasteiger charge is 2.15. The minimum Gasteiger partial charge on any atom is -0.486 e. The summed E-state index contributed by atoms with van der Waals surface area (Å²) in [5.41, 5.74) is 1.00. The Bertz CT molecular complexity index is 1040. The number of hydrogen-bond donors (Lipinski definition) is 2. The van der Waals surface area contributed by atoms with Crippen LogP contribution in [0.2, 0.25) is 0 Å². The van der Waals surface area contributed by atoms with Gasteiger partial charge in [0.05, 0.1) is 4.88 Å². The summed E-state index contributed by atoms with van der Waals surface area (Å²) in [5, 5.41) is 9.80. The maximum atomic E-state index is 12.4. The van der Waals surface area contributed by atoms with Crippen LogP contribution in [0.4, 0.5) is 0 Å². The number of benzene rings is 1. The van der Waals surface area contributed by atoms with Gasteiger partial charge in [-0.2, -0.15) is 5.10 Å². The number of H-pyrrole nitrogens is 1. The lowest BCUT2D eigenvalue weighted by Crippen LogP contribution is -2.25. The van der Waals surface area contributed by atoms with E-state index in [2.05, 4.69) is 15.5 Å². The maximum absolute atomic E-state index is 12.4. The van der Waals surface area contributed by atoms with Gasteiger partial charge in [0, 0.05) is 24.9 Å². The number of ether oxygens (including phenoxy) is 2. The van der Waals surface area contributed by atoms with Crippen molar-refractivity contribution >= 4 is 29.5 Å². The Morgan fingerprint density at radius 3 is 2.89 bits per heavy atom. The van der Waals surface area contributed by atoms with Crippen LogP contribution in [-0.4, -0.2) is 40.4 Å². The van der Waals surface area contributed by atoms with Gasteiger partial charge in [0.25, 0.3) is 5.91 Å². The summed E-state index contributed by atoms with van der Waals surface area (Å²) in [6, 6.07) is 9.61. The van der Waals surface area contributed by atoms with E-state index >= 15 is 0 Å². The second kappa shape index (κ2) is 7.53. The molecule has 1 aromatic carbocycles. The van der Waals surface area contributed by atoms with Gasteiger partial charge in [-0.1, -0.05) is 0 Å². The van der Waals surface area contributed by atoms with E-state index in [-0.39, 0.29) is 5.91 Å². The molecule has 0 bridgehead atoms. The third-order valence-corrected chi connectivity index (χ3v) is 5.76. The van der Waals surface area contributed by atoms with Crippen LogP contribution >= 0.6 is 23.6 Å². The summed E-state index contributed by atoms with van der Waals surface area (Å²) < 4.78 is 13.5. The molecule has 0 spiro atoms. The number of aromatic amines is 1. The fourth-order valence-electron chi connectivity index (χ4n) is 2.79. The Labute approximate surface area is 164 Å². The first-order valence-electron chi connectivity index (χ1n) is 8.50. The van der Waals surface area contributed by atoms with E-state index in [0.29, 0.717) is 35.8 Å². The first kappa shape index (κ1) is 17.7. The number of hydrogen-bond acceptors (Lipinski definition) is 6. The van der Waals surface area contributed by atoms with E-state index in [4.69, 9.17) is 21.7 Å². The lowest BCUT2D eigenvalue weighted by Gasteiger charge is -2.18. The molecule has 3 heterocycles. The molecule has 2 aromatic heterocycles. The Morgan fingerprint density at radius 1 is 1.30 bits per heavy atom. The Morgan fingerprint density at radius 2 is 2.11 bits per heavy atom. The molecule has 1 aliphatic rings. The van der Waals surface area contributed by atoms with Crippen LogP contribution in [0, 0.1) is 4.77 Å². The molecular formula is C18H18N4O3S2. The Kier molecular flexibility index (Phi) is 4.95. The minimum atomic E-state index is -0.0967. The van der Waals surface area contributed by atoms with Crippen molar-refractivity contribution in [3.63, 3.8) is 0 Å². The smallest absolute Gasteiger partial charge is 0.261 e. The van der Waals surface area contributed by atoms with Crippen LogP contribution in [0.3, 0.4) is 0 Å². The number of nitrogens with zero attached hydrogens (tertiary/aromatic N) is 2. The fraction of sp³-hybridized carbons (Fsp3) is 0.278. The lowest BCUT2D eigenvalue weighted by molar-refractivity contribution is 0.0958. The van der Waals surface area contributed by atoms with Crippen molar-refractivity contribution in [2.24, 2.45) is 7.05 Å². The van der Waals surface area contributed by atoms with Crippen LogP contribution in [0.25, 0.3) is 10.4 Å². The molecule has 0 unspecified atom stereocenters. The summed E-state index contributed by atoms with van der Waals surface area (Å²) in [6.45, 7) is 1.61. The number of aromatic nitrogens is 3. The summed E-state index contributed by atoms with van der Waals surface area (Å²) in [4.78, 5) is 14.1. The lowest BCUT2D eigenvalue weighted by atomic mass is 10.1. The molecule has 0 atom stereocenters. The SMILES string of the molecule is Cn1c(CCNC(=O)c2ccc(-c3ccc4c(c3)OCCO4)s2)n[nH]c1=S. The zero-order valence-corrected chi connectivity index (χ0v) is 16.3. The van der Waals surface area contributed by atoms with Crippen molar-refractivity contribution in [2.45, 2.75) is 6.42 Å². The number of carbonyl (C=O) groups is 1. The second-order valence-electron chi connectivity index (χ2n) is 6.03. The van der Waals surface area contributed by atoms with Gasteiger partial charge < -0.3 is 19.4 Å². The van der Waals surface area contributed by atoms with Crippen molar-refractivity contribution in [1.82, 2.24) is 20.1 Å². The molecule has 1 amide bonds. The van der Waals surface area contributed by atoms with E-state index in [0.717, 1.165) is 27.8 Å². The molecule has 1 aliphatic heterocycles. The molecule has 3 aromatic rings. The zero-order valence-electron chi connectivity index (χ0n) is 14.7. The normalized spacial score (nSPS) is 12.8. The third-order valence-electron chi connectivity index (χ3n) is 4.26. The maximum Gasteiger partial charge on any atom is 0.261 e. The molecule has 0 aliphatic carbocycles. The van der Waals surface area contributed by atoms with Crippen molar-refractivity contribution in [2.75, 3.05) is 19.8 Å². The monoisotopic (exact) mass is 402 g/mol. The van der Waals surface area contributed by atoms with Gasteiger partial charge in [-0.15, -0.1) is 11.3 Å². The first-order valence-corrected chi connectivity index (χ1v) is 9.72. The quantitative estimate of drug-likeness (QED) is 0.642. The van der Waals surface area contributed by atoms with Crippen molar-refractivity contribution in [3.8, 4) is 21.9 Å². The van der Waals surface area contributed by atoms with Gasteiger partial charge >= 0.3 is 0 Å². The molecule has 27 heavy (non-hydrogen) atoms. The number of carbonyl (C=O) groups excluding carboxylic acids is 1. The van der Waals surface area contributed by atoms with E-state index in [1.54, 1.807) is 4.57 Å². The molecule has 0 radical (unpaired) electrons. The predicted molar refractivity (Wildman–Crippen MR) is 105 cm³/mol. The van der Waals surface area contributed by atoms with Gasteiger partial charge in [-0.3, -0.25) is 9.89 Å². The molecule has 0 saturated carbocycles. The summed E-state index contributed by atoms with van der Waals surface area (Å²) >= 11 is 6.53. The van der Waals surface area contributed by atoms with Crippen LogP contribution in [0.15, 0.2) is 30.3 Å². The molecule has 9 heteroatoms. The average Bonchev–Trinajstić information content (AvgIpc) is 3.30. The largest absolute Gasteiger partial charge is 0.486 e. The van der Waals surface area contributed by atoms with E-state index in [9.17, 15) is 4.79 Å². The average molecular weight is 403 g/mol. The minimum absolute atomic E-state index is 0.0967. The van der Waals surface area contributed by atoms with Crippen LogP contribution in [0.5, 0.6) is 11.5 Å². The van der Waals surface area contributed by atoms with Crippen molar-refractivity contribution in [1.29, 1.82) is 0 Å². The Hall–Kier alpha value is -2.65. The van der Waals surface area contributed by atoms with Gasteiger partial charge in [0.2, 0.25) is 0 Å². The highest BCUT2D eigenvalue weighted by molar-refractivity contribution is 7.71. The van der Waals surface area contributed by atoms with Crippen molar-refractivity contribution < 1.29 is 14.3 Å². The highest BCUT2D eigenvalue weighted by Crippen LogP contribution is 2.36. The summed E-state index contributed by atoms with van der Waals surface area (Å²) in [7, 11) is 1.85. The summed E-state index contributed by atoms with van der Waals surface area (Å²) in [5.74, 6) is 2.21. The van der Waals surface area contributed by atoms with Crippen LogP contribution < -0.4 is 14.8 Å². The molecule has 140 valence electrons. The number of fused-ring (bicyclic) bond motifs is 1. The van der Waals surface area contributed by atoms with Gasteiger partial charge in [-0.25, -0.2) is 0 Å². The van der Waals surface area contributed by atoms with E-state index < -0.39 is 0 Å². The zero-order chi connectivity index (χ0) is 18.8. The predicted octanol–water partition coefficient (Wildman–Crippen LogP) is 2.95. The van der Waals surface area contributed by atoms with Crippen molar-refractivity contribution in [3.05, 3.63) is 45.8 Å². The van der Waals surface area contributed by atoms with Gasteiger partial charge in [-0.05, 0) is 48.1 Å². The van der Waals surface area contributed by atoms with Gasteiger partial charge in [0.1, 0.15) is 19.0 Å². The third kappa shape index (κ3) is 3.74. The fourth-order valence-corrected chi connectivity index (χ4v) is 3.86. The molecule has 0 fully saturated rings. The standard InChI is InChI=1S/C18H18N4O3S2/c1-22-16(20-21-18(22)26)6-7-19-17(23)15-5-4-14(27-15)11-2-3-12-13(10-11)25-9-8-24-12/h2-5,10H,6-9H2,1H3,(H,19,23)(H,21,26). The first-order chi connectivity index (χ1) is 13.1. The topological polar surface area (TPSA) is 81.2 Å². The van der Waals surface area contributed by atoms with Crippen LogP contribution in [-0.2, 0) is 13.5 Å². The van der Waals surface area contributed by atoms with E-state index in [1.165, 1.54) is 11.3 Å². The molecular weight excluding hydrogens is 384 g/mol. The molecule has 4 rings (SSSR count).